The standard InChI is InChI=1S/C14H15N5O/c15-5-1-4-11-7-14(20)19-13(17-11)8-12(18-19)10-3-2-6-16-9-10/h2-3,6-9,18H,1,4-5,15H2. The Morgan fingerprint density at radius 1 is 1.35 bits per heavy atom. The summed E-state index contributed by atoms with van der Waals surface area (Å²) in [6.45, 7) is 0.592. The van der Waals surface area contributed by atoms with E-state index in [1.54, 1.807) is 18.5 Å². The number of aryl methyl sites for hydroxylation is 1. The minimum Gasteiger partial charge on any atom is -0.330 e. The highest BCUT2D eigenvalue weighted by atomic mass is 16.1. The molecule has 0 aliphatic carbocycles. The summed E-state index contributed by atoms with van der Waals surface area (Å²) in [5.74, 6) is 0. The largest absolute Gasteiger partial charge is 0.330 e. The lowest BCUT2D eigenvalue weighted by atomic mass is 10.2. The molecular formula is C14H15N5O. The third-order valence-electron chi connectivity index (χ3n) is 3.11. The fourth-order valence-electron chi connectivity index (χ4n) is 2.12. The predicted molar refractivity (Wildman–Crippen MR) is 76.4 cm³/mol. The smallest absolute Gasteiger partial charge is 0.272 e. The maximum Gasteiger partial charge on any atom is 0.272 e. The predicted octanol–water partition coefficient (Wildman–Crippen LogP) is 0.976. The zero-order valence-corrected chi connectivity index (χ0v) is 10.9. The molecule has 102 valence electrons. The molecule has 3 N–H and O–H groups in total. The molecule has 0 unspecified atom stereocenters. The van der Waals surface area contributed by atoms with E-state index in [-0.39, 0.29) is 5.56 Å². The first-order valence-corrected chi connectivity index (χ1v) is 6.50. The Balaban J connectivity index is 2.07. The van der Waals surface area contributed by atoms with E-state index in [1.165, 1.54) is 4.52 Å². The van der Waals surface area contributed by atoms with E-state index in [9.17, 15) is 4.79 Å². The molecule has 6 nitrogen and oxygen atoms in total. The highest BCUT2D eigenvalue weighted by Gasteiger charge is 2.07. The van der Waals surface area contributed by atoms with Gasteiger partial charge in [-0.1, -0.05) is 0 Å². The number of pyridine rings is 1. The van der Waals surface area contributed by atoms with E-state index in [1.807, 2.05) is 18.2 Å². The molecule has 0 saturated carbocycles. The maximum absolute atomic E-state index is 12.1. The Morgan fingerprint density at radius 2 is 2.25 bits per heavy atom. The number of hydrogen-bond acceptors (Lipinski definition) is 4. The fraction of sp³-hybridized carbons (Fsp3) is 0.214. The summed E-state index contributed by atoms with van der Waals surface area (Å²) in [5.41, 5.74) is 8.49. The van der Waals surface area contributed by atoms with E-state index < -0.39 is 0 Å². The summed E-state index contributed by atoms with van der Waals surface area (Å²) in [6.07, 6.45) is 4.99. The first-order chi connectivity index (χ1) is 9.78. The van der Waals surface area contributed by atoms with Crippen molar-refractivity contribution in [2.24, 2.45) is 5.73 Å². The lowest BCUT2D eigenvalue weighted by molar-refractivity contribution is 0.796. The molecule has 0 aliphatic rings. The van der Waals surface area contributed by atoms with Crippen molar-refractivity contribution in [3.63, 3.8) is 0 Å². The molecule has 3 rings (SSSR count). The van der Waals surface area contributed by atoms with Crippen molar-refractivity contribution >= 4 is 5.65 Å². The molecule has 0 radical (unpaired) electrons. The quantitative estimate of drug-likeness (QED) is 0.738. The number of nitrogens with zero attached hydrogens (tertiary/aromatic N) is 3. The van der Waals surface area contributed by atoms with Crippen LogP contribution in [-0.2, 0) is 6.42 Å². The minimum absolute atomic E-state index is 0.114. The number of H-pyrrole nitrogens is 1. The van der Waals surface area contributed by atoms with Gasteiger partial charge in [0.1, 0.15) is 0 Å². The molecule has 3 heterocycles. The number of nitrogens with one attached hydrogen (secondary N) is 1. The second-order valence-electron chi connectivity index (χ2n) is 4.58. The van der Waals surface area contributed by atoms with E-state index in [2.05, 4.69) is 15.1 Å². The van der Waals surface area contributed by atoms with Crippen LogP contribution in [0.5, 0.6) is 0 Å². The van der Waals surface area contributed by atoms with Gasteiger partial charge in [-0.15, -0.1) is 0 Å². The van der Waals surface area contributed by atoms with Crippen molar-refractivity contribution in [1.82, 2.24) is 19.6 Å². The van der Waals surface area contributed by atoms with Crippen molar-refractivity contribution < 1.29 is 0 Å². The molecule has 0 saturated heterocycles. The molecule has 0 aromatic carbocycles. The lowest BCUT2D eigenvalue weighted by Gasteiger charge is -1.99. The SMILES string of the molecule is NCCCc1cc(=O)n2[nH]c(-c3cccnc3)cc2n1. The van der Waals surface area contributed by atoms with Crippen LogP contribution in [0.25, 0.3) is 16.9 Å². The molecule has 3 aromatic rings. The summed E-state index contributed by atoms with van der Waals surface area (Å²) >= 11 is 0. The van der Waals surface area contributed by atoms with Crippen LogP contribution >= 0.6 is 0 Å². The Hall–Kier alpha value is -2.47. The molecular weight excluding hydrogens is 254 g/mol. The van der Waals surface area contributed by atoms with Crippen molar-refractivity contribution in [3.8, 4) is 11.3 Å². The van der Waals surface area contributed by atoms with E-state index >= 15 is 0 Å². The van der Waals surface area contributed by atoms with Crippen molar-refractivity contribution in [2.75, 3.05) is 6.54 Å². The average Bonchev–Trinajstić information content (AvgIpc) is 2.91. The van der Waals surface area contributed by atoms with Gasteiger partial charge >= 0.3 is 0 Å². The summed E-state index contributed by atoms with van der Waals surface area (Å²) < 4.78 is 1.44. The lowest BCUT2D eigenvalue weighted by Crippen LogP contribution is -2.16. The number of aromatic amines is 1. The van der Waals surface area contributed by atoms with Gasteiger partial charge in [0, 0.05) is 35.8 Å². The second-order valence-corrected chi connectivity index (χ2v) is 4.58. The third kappa shape index (κ3) is 2.33. The summed E-state index contributed by atoms with van der Waals surface area (Å²) in [6, 6.07) is 7.18. The van der Waals surface area contributed by atoms with Gasteiger partial charge in [-0.3, -0.25) is 14.9 Å². The highest BCUT2D eigenvalue weighted by Crippen LogP contribution is 2.16. The van der Waals surface area contributed by atoms with Crippen molar-refractivity contribution in [1.29, 1.82) is 0 Å². The Bertz CT molecular complexity index is 775. The zero-order valence-electron chi connectivity index (χ0n) is 10.9. The fourth-order valence-corrected chi connectivity index (χ4v) is 2.12. The maximum atomic E-state index is 12.1. The number of nitrogens with two attached hydrogens (primary N) is 1. The molecule has 0 amide bonds. The molecule has 0 fully saturated rings. The topological polar surface area (TPSA) is 89.1 Å². The molecule has 0 spiro atoms. The first kappa shape index (κ1) is 12.6. The zero-order chi connectivity index (χ0) is 13.9. The highest BCUT2D eigenvalue weighted by molar-refractivity contribution is 5.62. The first-order valence-electron chi connectivity index (χ1n) is 6.50. The number of aromatic nitrogens is 4. The van der Waals surface area contributed by atoms with Crippen LogP contribution in [0.1, 0.15) is 12.1 Å². The minimum atomic E-state index is -0.114. The number of hydrogen-bond donors (Lipinski definition) is 2. The molecule has 6 heteroatoms. The van der Waals surface area contributed by atoms with Crippen molar-refractivity contribution in [2.45, 2.75) is 12.8 Å². The summed E-state index contributed by atoms with van der Waals surface area (Å²) in [4.78, 5) is 20.6. The van der Waals surface area contributed by atoms with Crippen LogP contribution in [0.15, 0.2) is 41.5 Å². The van der Waals surface area contributed by atoms with Gasteiger partial charge < -0.3 is 5.73 Å². The van der Waals surface area contributed by atoms with E-state index in [0.29, 0.717) is 12.2 Å². The van der Waals surface area contributed by atoms with Crippen LogP contribution in [-0.4, -0.2) is 26.1 Å². The van der Waals surface area contributed by atoms with Crippen LogP contribution in [0, 0.1) is 0 Å². The van der Waals surface area contributed by atoms with Gasteiger partial charge in [0.2, 0.25) is 0 Å². The van der Waals surface area contributed by atoms with Gasteiger partial charge in [-0.25, -0.2) is 9.50 Å². The summed E-state index contributed by atoms with van der Waals surface area (Å²) in [5, 5.41) is 3.04. The monoisotopic (exact) mass is 269 g/mol. The van der Waals surface area contributed by atoms with Gasteiger partial charge in [-0.05, 0) is 31.5 Å². The van der Waals surface area contributed by atoms with E-state index in [4.69, 9.17) is 5.73 Å². The van der Waals surface area contributed by atoms with E-state index in [0.717, 1.165) is 29.8 Å². The molecule has 0 aliphatic heterocycles. The molecule has 3 aromatic heterocycles. The Kier molecular flexibility index (Phi) is 3.30. The van der Waals surface area contributed by atoms with Crippen LogP contribution in [0.3, 0.4) is 0 Å². The second kappa shape index (κ2) is 5.26. The van der Waals surface area contributed by atoms with Gasteiger partial charge in [0.15, 0.2) is 5.65 Å². The van der Waals surface area contributed by atoms with Gasteiger partial charge in [0.05, 0.1) is 5.69 Å². The number of fused-ring (bicyclic) bond motifs is 1. The average molecular weight is 269 g/mol. The number of rotatable bonds is 4. The summed E-state index contributed by atoms with van der Waals surface area (Å²) in [7, 11) is 0. The molecule has 0 bridgehead atoms. The Morgan fingerprint density at radius 3 is 3.00 bits per heavy atom. The molecule has 20 heavy (non-hydrogen) atoms. The van der Waals surface area contributed by atoms with Crippen LogP contribution in [0.4, 0.5) is 0 Å². The normalized spacial score (nSPS) is 11.1. The van der Waals surface area contributed by atoms with Gasteiger partial charge in [-0.2, -0.15) is 0 Å². The van der Waals surface area contributed by atoms with Crippen molar-refractivity contribution in [3.05, 3.63) is 52.7 Å². The Labute approximate surface area is 115 Å². The van der Waals surface area contributed by atoms with Crippen LogP contribution < -0.4 is 11.3 Å². The molecule has 0 atom stereocenters. The van der Waals surface area contributed by atoms with Crippen LogP contribution in [0.2, 0.25) is 0 Å². The third-order valence-corrected chi connectivity index (χ3v) is 3.11. The van der Waals surface area contributed by atoms with Gasteiger partial charge in [0.25, 0.3) is 5.56 Å².